The average molecular weight is 315 g/mol. The molecule has 2 rings (SSSR count). The van der Waals surface area contributed by atoms with E-state index in [1.165, 1.54) is 16.4 Å². The molecule has 1 heterocycles. The van der Waals surface area contributed by atoms with Gasteiger partial charge in [-0.3, -0.25) is 4.79 Å². The van der Waals surface area contributed by atoms with Crippen molar-refractivity contribution in [1.82, 2.24) is 4.31 Å². The number of nitrogens with zero attached hydrogens (tertiary/aromatic N) is 1. The average Bonchev–Trinajstić information content (AvgIpc) is 2.57. The highest BCUT2D eigenvalue weighted by Gasteiger charge is 2.45. The van der Waals surface area contributed by atoms with Gasteiger partial charge in [-0.25, -0.2) is 12.8 Å². The van der Waals surface area contributed by atoms with Crippen molar-refractivity contribution in [3.05, 3.63) is 29.6 Å². The van der Waals surface area contributed by atoms with E-state index in [2.05, 4.69) is 0 Å². The molecular formula is C14H18FNO4S. The minimum absolute atomic E-state index is 0.0619. The van der Waals surface area contributed by atoms with Gasteiger partial charge in [0.1, 0.15) is 5.82 Å². The third kappa shape index (κ3) is 2.80. The molecule has 0 aromatic heterocycles. The Bertz CT molecular complexity index is 657. The fraction of sp³-hybridized carbons (Fsp3) is 0.500. The van der Waals surface area contributed by atoms with E-state index >= 15 is 0 Å². The van der Waals surface area contributed by atoms with Crippen molar-refractivity contribution in [1.29, 1.82) is 0 Å². The molecule has 0 aliphatic carbocycles. The molecule has 0 amide bonds. The quantitative estimate of drug-likeness (QED) is 0.799. The Hall–Kier alpha value is -1.47. The minimum atomic E-state index is -3.71. The highest BCUT2D eigenvalue weighted by atomic mass is 32.2. The van der Waals surface area contributed by atoms with Crippen LogP contribution in [0, 0.1) is 5.82 Å². The lowest BCUT2D eigenvalue weighted by Gasteiger charge is -2.26. The first-order valence-electron chi connectivity index (χ1n) is 6.77. The molecule has 1 aromatic rings. The van der Waals surface area contributed by atoms with E-state index in [-0.39, 0.29) is 24.0 Å². The van der Waals surface area contributed by atoms with E-state index in [4.69, 9.17) is 4.74 Å². The minimum Gasteiger partial charge on any atom is -0.466 e. The van der Waals surface area contributed by atoms with E-state index in [0.29, 0.717) is 5.56 Å². The van der Waals surface area contributed by atoms with Crippen molar-refractivity contribution in [3.63, 3.8) is 0 Å². The molecule has 0 radical (unpaired) electrons. The lowest BCUT2D eigenvalue weighted by molar-refractivity contribution is -0.144. The molecule has 0 fully saturated rings. The topological polar surface area (TPSA) is 63.7 Å². The molecule has 0 saturated carbocycles. The Morgan fingerprint density at radius 2 is 2.10 bits per heavy atom. The standard InChI is InChI=1S/C14H18FNO4S/c1-4-20-14(17)8-12-11-7-10(15)5-6-13(11)21(18,19)16(12)9(2)3/h5-7,9,12H,4,8H2,1-3H3. The second kappa shape index (κ2) is 5.73. The SMILES string of the molecule is CCOC(=O)CC1c2cc(F)ccc2S(=O)(=O)N1C(C)C. The molecule has 0 spiro atoms. The zero-order valence-electron chi connectivity index (χ0n) is 12.2. The first kappa shape index (κ1) is 15.9. The first-order chi connectivity index (χ1) is 9.78. The van der Waals surface area contributed by atoms with Gasteiger partial charge in [0.2, 0.25) is 10.0 Å². The van der Waals surface area contributed by atoms with Crippen LogP contribution in [0.4, 0.5) is 4.39 Å². The van der Waals surface area contributed by atoms with Crippen LogP contribution < -0.4 is 0 Å². The lowest BCUT2D eigenvalue weighted by Crippen LogP contribution is -2.35. The van der Waals surface area contributed by atoms with Crippen molar-refractivity contribution in [3.8, 4) is 0 Å². The molecule has 116 valence electrons. The van der Waals surface area contributed by atoms with Crippen LogP contribution in [0.15, 0.2) is 23.1 Å². The van der Waals surface area contributed by atoms with Crippen LogP contribution in [0.25, 0.3) is 0 Å². The highest BCUT2D eigenvalue weighted by Crippen LogP contribution is 2.43. The Morgan fingerprint density at radius 1 is 1.43 bits per heavy atom. The fourth-order valence-corrected chi connectivity index (χ4v) is 4.69. The van der Waals surface area contributed by atoms with Crippen LogP contribution in [0.2, 0.25) is 0 Å². The van der Waals surface area contributed by atoms with Crippen LogP contribution in [0.3, 0.4) is 0 Å². The molecule has 1 aromatic carbocycles. The number of benzene rings is 1. The Kier molecular flexibility index (Phi) is 4.34. The van der Waals surface area contributed by atoms with Crippen molar-refractivity contribution >= 4 is 16.0 Å². The molecular weight excluding hydrogens is 297 g/mol. The van der Waals surface area contributed by atoms with Gasteiger partial charge in [0, 0.05) is 6.04 Å². The van der Waals surface area contributed by atoms with Crippen LogP contribution in [0.1, 0.15) is 38.8 Å². The number of halogens is 1. The normalized spacial score (nSPS) is 20.5. The molecule has 1 aliphatic heterocycles. The maximum atomic E-state index is 13.5. The van der Waals surface area contributed by atoms with Gasteiger partial charge in [-0.05, 0) is 44.5 Å². The number of fused-ring (bicyclic) bond motifs is 1. The summed E-state index contributed by atoms with van der Waals surface area (Å²) in [4.78, 5) is 11.8. The summed E-state index contributed by atoms with van der Waals surface area (Å²) in [6.07, 6.45) is -0.123. The third-order valence-electron chi connectivity index (χ3n) is 3.37. The number of ether oxygens (including phenoxy) is 1. The maximum absolute atomic E-state index is 13.5. The van der Waals surface area contributed by atoms with Gasteiger partial charge < -0.3 is 4.74 Å². The molecule has 7 heteroatoms. The summed E-state index contributed by atoms with van der Waals surface area (Å²) >= 11 is 0. The number of sulfonamides is 1. The molecule has 21 heavy (non-hydrogen) atoms. The first-order valence-corrected chi connectivity index (χ1v) is 8.21. The predicted octanol–water partition coefficient (Wildman–Crippen LogP) is 2.23. The smallest absolute Gasteiger partial charge is 0.307 e. The maximum Gasteiger partial charge on any atom is 0.307 e. The highest BCUT2D eigenvalue weighted by molar-refractivity contribution is 7.89. The summed E-state index contributed by atoms with van der Waals surface area (Å²) in [5.74, 6) is -1.02. The van der Waals surface area contributed by atoms with Gasteiger partial charge in [-0.1, -0.05) is 0 Å². The Labute approximate surface area is 123 Å². The van der Waals surface area contributed by atoms with E-state index in [1.54, 1.807) is 20.8 Å². The van der Waals surface area contributed by atoms with Gasteiger partial charge in [0.15, 0.2) is 0 Å². The lowest BCUT2D eigenvalue weighted by atomic mass is 10.0. The Balaban J connectivity index is 2.50. The summed E-state index contributed by atoms with van der Waals surface area (Å²) < 4.78 is 44.7. The number of carbonyl (C=O) groups is 1. The molecule has 0 bridgehead atoms. The molecule has 5 nitrogen and oxygen atoms in total. The number of rotatable bonds is 4. The summed E-state index contributed by atoms with van der Waals surface area (Å²) in [5, 5.41) is 0. The van der Waals surface area contributed by atoms with Gasteiger partial charge in [-0.2, -0.15) is 4.31 Å². The number of esters is 1. The third-order valence-corrected chi connectivity index (χ3v) is 5.53. The number of hydrogen-bond donors (Lipinski definition) is 0. The fourth-order valence-electron chi connectivity index (χ4n) is 2.65. The van der Waals surface area contributed by atoms with Crippen molar-refractivity contribution in [2.24, 2.45) is 0 Å². The molecule has 0 N–H and O–H groups in total. The van der Waals surface area contributed by atoms with E-state index in [0.717, 1.165) is 6.07 Å². The molecule has 1 aliphatic rings. The summed E-state index contributed by atoms with van der Waals surface area (Å²) in [5.41, 5.74) is 0.316. The number of carbonyl (C=O) groups excluding carboxylic acids is 1. The van der Waals surface area contributed by atoms with Crippen molar-refractivity contribution in [2.75, 3.05) is 6.61 Å². The summed E-state index contributed by atoms with van der Waals surface area (Å²) in [6.45, 7) is 5.34. The van der Waals surface area contributed by atoms with Crippen LogP contribution in [-0.2, 0) is 19.6 Å². The Morgan fingerprint density at radius 3 is 2.67 bits per heavy atom. The second-order valence-corrected chi connectivity index (χ2v) is 6.95. The van der Waals surface area contributed by atoms with Crippen molar-refractivity contribution < 1.29 is 22.3 Å². The largest absolute Gasteiger partial charge is 0.466 e. The van der Waals surface area contributed by atoms with E-state index in [1.807, 2.05) is 0 Å². The van der Waals surface area contributed by atoms with Crippen molar-refractivity contribution in [2.45, 2.75) is 44.2 Å². The molecule has 1 atom stereocenters. The van der Waals surface area contributed by atoms with E-state index in [9.17, 15) is 17.6 Å². The second-order valence-electron chi connectivity index (χ2n) is 5.14. The van der Waals surface area contributed by atoms with Gasteiger partial charge in [0.05, 0.1) is 24.0 Å². The van der Waals surface area contributed by atoms with Gasteiger partial charge >= 0.3 is 5.97 Å². The van der Waals surface area contributed by atoms with Crippen LogP contribution >= 0.6 is 0 Å². The zero-order valence-corrected chi connectivity index (χ0v) is 13.0. The van der Waals surface area contributed by atoms with Crippen LogP contribution in [-0.4, -0.2) is 31.3 Å². The summed E-state index contributed by atoms with van der Waals surface area (Å²) in [6, 6.07) is 2.48. The predicted molar refractivity (Wildman–Crippen MR) is 74.6 cm³/mol. The molecule has 0 saturated heterocycles. The van der Waals surface area contributed by atoms with Gasteiger partial charge in [-0.15, -0.1) is 0 Å². The molecule has 1 unspecified atom stereocenters. The van der Waals surface area contributed by atoms with E-state index < -0.39 is 27.9 Å². The number of hydrogen-bond acceptors (Lipinski definition) is 4. The van der Waals surface area contributed by atoms with Gasteiger partial charge in [0.25, 0.3) is 0 Å². The van der Waals surface area contributed by atoms with Crippen LogP contribution in [0.5, 0.6) is 0 Å². The monoisotopic (exact) mass is 315 g/mol. The summed E-state index contributed by atoms with van der Waals surface area (Å²) in [7, 11) is -3.71. The zero-order chi connectivity index (χ0) is 15.8.